The van der Waals surface area contributed by atoms with Gasteiger partial charge in [0.25, 0.3) is 0 Å². The van der Waals surface area contributed by atoms with E-state index in [0.29, 0.717) is 24.2 Å². The Morgan fingerprint density at radius 1 is 1.53 bits per heavy atom. The smallest absolute Gasteiger partial charge is 0.228 e. The molecule has 0 saturated carbocycles. The van der Waals surface area contributed by atoms with Crippen LogP contribution >= 0.6 is 27.5 Å². The topological polar surface area (TPSA) is 37.4 Å². The van der Waals surface area contributed by atoms with Gasteiger partial charge in [0.05, 0.1) is 11.1 Å². The summed E-state index contributed by atoms with van der Waals surface area (Å²) in [5.41, 5.74) is 1.31. The number of carbonyl (C=O) groups excluding carboxylic acids is 2. The van der Waals surface area contributed by atoms with Gasteiger partial charge in [-0.05, 0) is 35.0 Å². The fourth-order valence-corrected chi connectivity index (χ4v) is 2.57. The minimum absolute atomic E-state index is 0.00796. The first-order chi connectivity index (χ1) is 7.99. The molecule has 1 atom stereocenters. The van der Waals surface area contributed by atoms with Crippen LogP contribution in [0.5, 0.6) is 0 Å². The van der Waals surface area contributed by atoms with Crippen molar-refractivity contribution in [3.05, 3.63) is 28.2 Å². The lowest BCUT2D eigenvalue weighted by Gasteiger charge is -2.18. The van der Waals surface area contributed by atoms with Crippen molar-refractivity contribution >= 4 is 44.9 Å². The standard InChI is InChI=1S/C12H11BrClNO2/c1-7(16)8-2-3-10(13)11(4-8)15-6-9(14)5-12(15)17/h2-4,9H,5-6H2,1H3. The lowest BCUT2D eigenvalue weighted by Crippen LogP contribution is -2.25. The molecule has 17 heavy (non-hydrogen) atoms. The summed E-state index contributed by atoms with van der Waals surface area (Å²) >= 11 is 9.35. The van der Waals surface area contributed by atoms with Crippen LogP contribution in [0.25, 0.3) is 0 Å². The van der Waals surface area contributed by atoms with Crippen LogP contribution in [-0.4, -0.2) is 23.6 Å². The number of halogens is 2. The second-order valence-corrected chi connectivity index (χ2v) is 5.50. The van der Waals surface area contributed by atoms with Gasteiger partial charge in [-0.3, -0.25) is 9.59 Å². The van der Waals surface area contributed by atoms with Crippen molar-refractivity contribution in [1.82, 2.24) is 0 Å². The number of ketones is 1. The molecular formula is C12H11BrClNO2. The fraction of sp³-hybridized carbons (Fsp3) is 0.333. The molecule has 0 bridgehead atoms. The summed E-state index contributed by atoms with van der Waals surface area (Å²) in [4.78, 5) is 24.7. The largest absolute Gasteiger partial charge is 0.310 e. The molecule has 0 radical (unpaired) electrons. The van der Waals surface area contributed by atoms with E-state index in [1.54, 1.807) is 23.1 Å². The molecule has 1 fully saturated rings. The van der Waals surface area contributed by atoms with E-state index in [-0.39, 0.29) is 17.1 Å². The predicted octanol–water partition coefficient (Wildman–Crippen LogP) is 3.00. The lowest BCUT2D eigenvalue weighted by atomic mass is 10.1. The highest BCUT2D eigenvalue weighted by Gasteiger charge is 2.30. The van der Waals surface area contributed by atoms with Gasteiger partial charge < -0.3 is 4.90 Å². The van der Waals surface area contributed by atoms with Gasteiger partial charge in [0.15, 0.2) is 5.78 Å². The van der Waals surface area contributed by atoms with Crippen LogP contribution in [-0.2, 0) is 4.79 Å². The average Bonchev–Trinajstić information content (AvgIpc) is 2.58. The number of amides is 1. The number of anilines is 1. The lowest BCUT2D eigenvalue weighted by molar-refractivity contribution is -0.117. The molecule has 0 N–H and O–H groups in total. The quantitative estimate of drug-likeness (QED) is 0.621. The molecule has 1 aliphatic rings. The van der Waals surface area contributed by atoms with Crippen LogP contribution in [0.2, 0.25) is 0 Å². The molecule has 2 rings (SSSR count). The number of hydrogen-bond acceptors (Lipinski definition) is 2. The molecule has 0 aromatic heterocycles. The van der Waals surface area contributed by atoms with Gasteiger partial charge in [-0.15, -0.1) is 11.6 Å². The maximum absolute atomic E-state index is 11.8. The number of hydrogen-bond donors (Lipinski definition) is 0. The van der Waals surface area contributed by atoms with Gasteiger partial charge in [0.2, 0.25) is 5.91 Å². The molecule has 1 saturated heterocycles. The van der Waals surface area contributed by atoms with E-state index in [2.05, 4.69) is 15.9 Å². The van der Waals surface area contributed by atoms with E-state index in [0.717, 1.165) is 4.47 Å². The molecular weight excluding hydrogens is 305 g/mol. The molecule has 1 aliphatic heterocycles. The maximum atomic E-state index is 11.8. The van der Waals surface area contributed by atoms with E-state index in [9.17, 15) is 9.59 Å². The van der Waals surface area contributed by atoms with Gasteiger partial charge in [-0.2, -0.15) is 0 Å². The fourth-order valence-electron chi connectivity index (χ4n) is 1.84. The Bertz CT molecular complexity index is 489. The van der Waals surface area contributed by atoms with Crippen molar-refractivity contribution in [2.45, 2.75) is 18.7 Å². The first-order valence-corrected chi connectivity index (χ1v) is 6.47. The van der Waals surface area contributed by atoms with Crippen molar-refractivity contribution in [3.8, 4) is 0 Å². The monoisotopic (exact) mass is 315 g/mol. The summed E-state index contributed by atoms with van der Waals surface area (Å²) in [6.07, 6.45) is 0.346. The Kier molecular flexibility index (Phi) is 3.54. The normalized spacial score (nSPS) is 19.8. The number of Topliss-reactive ketones (excluding diaryl/α,β-unsaturated/α-hetero) is 1. The third-order valence-corrected chi connectivity index (χ3v) is 3.68. The van der Waals surface area contributed by atoms with E-state index >= 15 is 0 Å². The van der Waals surface area contributed by atoms with Gasteiger partial charge in [0.1, 0.15) is 0 Å². The Balaban J connectivity index is 2.41. The van der Waals surface area contributed by atoms with Gasteiger partial charge in [-0.25, -0.2) is 0 Å². The van der Waals surface area contributed by atoms with E-state index in [4.69, 9.17) is 11.6 Å². The second-order valence-electron chi connectivity index (χ2n) is 4.03. The summed E-state index contributed by atoms with van der Waals surface area (Å²) in [6.45, 7) is 1.99. The zero-order chi connectivity index (χ0) is 12.6. The second kappa shape index (κ2) is 4.78. The first kappa shape index (κ1) is 12.6. The van der Waals surface area contributed by atoms with Crippen LogP contribution < -0.4 is 4.90 Å². The number of nitrogens with zero attached hydrogens (tertiary/aromatic N) is 1. The van der Waals surface area contributed by atoms with Crippen LogP contribution in [0.3, 0.4) is 0 Å². The SMILES string of the molecule is CC(=O)c1ccc(Br)c(N2CC(Cl)CC2=O)c1. The highest BCUT2D eigenvalue weighted by atomic mass is 79.9. The summed E-state index contributed by atoms with van der Waals surface area (Å²) in [7, 11) is 0. The summed E-state index contributed by atoms with van der Waals surface area (Å²) < 4.78 is 0.793. The van der Waals surface area contributed by atoms with E-state index < -0.39 is 0 Å². The van der Waals surface area contributed by atoms with Crippen molar-refractivity contribution < 1.29 is 9.59 Å². The zero-order valence-electron chi connectivity index (χ0n) is 9.24. The minimum Gasteiger partial charge on any atom is -0.310 e. The Morgan fingerprint density at radius 2 is 2.24 bits per heavy atom. The Hall–Kier alpha value is -0.870. The summed E-state index contributed by atoms with van der Waals surface area (Å²) in [6, 6.07) is 5.23. The third-order valence-electron chi connectivity index (χ3n) is 2.72. The predicted molar refractivity (Wildman–Crippen MR) is 70.8 cm³/mol. The van der Waals surface area contributed by atoms with E-state index in [1.165, 1.54) is 6.92 Å². The Morgan fingerprint density at radius 3 is 2.76 bits per heavy atom. The van der Waals surface area contributed by atoms with Crippen LogP contribution in [0.1, 0.15) is 23.7 Å². The molecule has 0 spiro atoms. The molecule has 1 heterocycles. The molecule has 90 valence electrons. The van der Waals surface area contributed by atoms with Crippen LogP contribution in [0.4, 0.5) is 5.69 Å². The zero-order valence-corrected chi connectivity index (χ0v) is 11.6. The van der Waals surface area contributed by atoms with E-state index in [1.807, 2.05) is 0 Å². The number of alkyl halides is 1. The summed E-state index contributed by atoms with van der Waals surface area (Å²) in [5.74, 6) is -0.0285. The number of carbonyl (C=O) groups is 2. The van der Waals surface area contributed by atoms with Gasteiger partial charge in [0, 0.05) is 23.0 Å². The number of rotatable bonds is 2. The van der Waals surface area contributed by atoms with Crippen molar-refractivity contribution in [2.75, 3.05) is 11.4 Å². The molecule has 1 amide bonds. The maximum Gasteiger partial charge on any atom is 0.228 e. The van der Waals surface area contributed by atoms with Gasteiger partial charge >= 0.3 is 0 Å². The Labute approximate surface area is 113 Å². The first-order valence-electron chi connectivity index (χ1n) is 5.24. The minimum atomic E-state index is -0.157. The van der Waals surface area contributed by atoms with Gasteiger partial charge in [-0.1, -0.05) is 6.07 Å². The highest BCUT2D eigenvalue weighted by molar-refractivity contribution is 9.10. The average molecular weight is 317 g/mol. The third kappa shape index (κ3) is 2.53. The number of benzene rings is 1. The molecule has 1 aromatic rings. The molecule has 0 aliphatic carbocycles. The molecule has 5 heteroatoms. The molecule has 3 nitrogen and oxygen atoms in total. The van der Waals surface area contributed by atoms with Crippen LogP contribution in [0.15, 0.2) is 22.7 Å². The highest BCUT2D eigenvalue weighted by Crippen LogP contribution is 2.32. The van der Waals surface area contributed by atoms with Crippen molar-refractivity contribution in [1.29, 1.82) is 0 Å². The molecule has 1 unspecified atom stereocenters. The van der Waals surface area contributed by atoms with Crippen LogP contribution in [0, 0.1) is 0 Å². The van der Waals surface area contributed by atoms with Crippen molar-refractivity contribution in [2.24, 2.45) is 0 Å². The van der Waals surface area contributed by atoms with Crippen molar-refractivity contribution in [3.63, 3.8) is 0 Å². The molecule has 1 aromatic carbocycles. The summed E-state index contributed by atoms with van der Waals surface area (Å²) in [5, 5.41) is -0.157.